The normalized spacial score (nSPS) is 23.4. The number of carbonyl (C=O) groups excluding carboxylic acids is 2. The van der Waals surface area contributed by atoms with Crippen LogP contribution in [0.3, 0.4) is 0 Å². The fourth-order valence-corrected chi connectivity index (χ4v) is 3.50. The zero-order valence-corrected chi connectivity index (χ0v) is 12.4. The second-order valence-electron chi connectivity index (χ2n) is 5.65. The van der Waals surface area contributed by atoms with E-state index < -0.39 is 0 Å². The molecule has 0 spiro atoms. The van der Waals surface area contributed by atoms with Crippen molar-refractivity contribution in [2.24, 2.45) is 11.8 Å². The third-order valence-corrected chi connectivity index (χ3v) is 4.49. The van der Waals surface area contributed by atoms with Crippen molar-refractivity contribution >= 4 is 23.0 Å². The summed E-state index contributed by atoms with van der Waals surface area (Å²) in [5, 5.41) is 1.89. The SMILES string of the molecule is CC1CC(C)CN(C(=O)CCC(=O)c2cccs2)C1. The molecule has 0 radical (unpaired) electrons. The summed E-state index contributed by atoms with van der Waals surface area (Å²) in [5.41, 5.74) is 0. The van der Waals surface area contributed by atoms with Crippen LogP contribution in [0.5, 0.6) is 0 Å². The summed E-state index contributed by atoms with van der Waals surface area (Å²) < 4.78 is 0. The average Bonchev–Trinajstić information content (AvgIpc) is 2.88. The molecule has 2 atom stereocenters. The van der Waals surface area contributed by atoms with E-state index in [0.29, 0.717) is 24.7 Å². The highest BCUT2D eigenvalue weighted by molar-refractivity contribution is 7.12. The molecule has 1 aromatic heterocycles. The van der Waals surface area contributed by atoms with Gasteiger partial charge in [0.25, 0.3) is 0 Å². The quantitative estimate of drug-likeness (QED) is 0.794. The molecule has 19 heavy (non-hydrogen) atoms. The summed E-state index contributed by atoms with van der Waals surface area (Å²) in [6.45, 7) is 6.06. The second-order valence-corrected chi connectivity index (χ2v) is 6.59. The van der Waals surface area contributed by atoms with Gasteiger partial charge in [-0.3, -0.25) is 9.59 Å². The van der Waals surface area contributed by atoms with Gasteiger partial charge in [-0.1, -0.05) is 19.9 Å². The Bertz CT molecular complexity index is 431. The van der Waals surface area contributed by atoms with Crippen molar-refractivity contribution in [2.45, 2.75) is 33.1 Å². The molecule has 1 saturated heterocycles. The zero-order chi connectivity index (χ0) is 13.8. The summed E-state index contributed by atoms with van der Waals surface area (Å²) in [4.78, 5) is 26.7. The summed E-state index contributed by atoms with van der Waals surface area (Å²) in [6.07, 6.45) is 1.87. The minimum atomic E-state index is 0.0847. The largest absolute Gasteiger partial charge is 0.342 e. The molecule has 2 unspecified atom stereocenters. The molecule has 0 bridgehead atoms. The second kappa shape index (κ2) is 6.33. The summed E-state index contributed by atoms with van der Waals surface area (Å²) in [6, 6.07) is 3.69. The molecule has 2 rings (SSSR count). The number of hydrogen-bond donors (Lipinski definition) is 0. The number of likely N-dealkylation sites (tertiary alicyclic amines) is 1. The molecule has 1 aliphatic heterocycles. The zero-order valence-electron chi connectivity index (χ0n) is 11.6. The van der Waals surface area contributed by atoms with Gasteiger partial charge in [-0.15, -0.1) is 11.3 Å². The van der Waals surface area contributed by atoms with Crippen molar-refractivity contribution in [3.8, 4) is 0 Å². The minimum Gasteiger partial charge on any atom is -0.342 e. The first-order valence-corrected chi connectivity index (χ1v) is 7.78. The van der Waals surface area contributed by atoms with Crippen LogP contribution in [0.25, 0.3) is 0 Å². The molecule has 4 heteroatoms. The van der Waals surface area contributed by atoms with Gasteiger partial charge in [0.05, 0.1) is 4.88 Å². The first-order chi connectivity index (χ1) is 9.06. The lowest BCUT2D eigenvalue weighted by Crippen LogP contribution is -2.42. The number of carbonyl (C=O) groups is 2. The topological polar surface area (TPSA) is 37.4 Å². The van der Waals surface area contributed by atoms with Crippen molar-refractivity contribution < 1.29 is 9.59 Å². The maximum atomic E-state index is 12.1. The van der Waals surface area contributed by atoms with E-state index in [9.17, 15) is 9.59 Å². The van der Waals surface area contributed by atoms with E-state index in [0.717, 1.165) is 18.0 Å². The highest BCUT2D eigenvalue weighted by Crippen LogP contribution is 2.22. The van der Waals surface area contributed by atoms with Crippen LogP contribution in [0.15, 0.2) is 17.5 Å². The van der Waals surface area contributed by atoms with Crippen molar-refractivity contribution in [1.29, 1.82) is 0 Å². The van der Waals surface area contributed by atoms with Crippen LogP contribution in [-0.2, 0) is 4.79 Å². The number of Topliss-reactive ketones (excluding diaryl/α,β-unsaturated/α-hetero) is 1. The lowest BCUT2D eigenvalue weighted by atomic mass is 9.91. The third-order valence-electron chi connectivity index (χ3n) is 3.58. The van der Waals surface area contributed by atoms with Crippen LogP contribution in [0.4, 0.5) is 0 Å². The number of nitrogens with zero attached hydrogens (tertiary/aromatic N) is 1. The molecular formula is C15H21NO2S. The fraction of sp³-hybridized carbons (Fsp3) is 0.600. The van der Waals surface area contributed by atoms with Gasteiger partial charge in [0, 0.05) is 25.9 Å². The lowest BCUT2D eigenvalue weighted by molar-refractivity contribution is -0.133. The summed E-state index contributed by atoms with van der Waals surface area (Å²) in [5.74, 6) is 1.35. The standard InChI is InChI=1S/C15H21NO2S/c1-11-8-12(2)10-16(9-11)15(18)6-5-13(17)14-4-3-7-19-14/h3-4,7,11-12H,5-6,8-10H2,1-2H3. The Morgan fingerprint density at radius 3 is 2.53 bits per heavy atom. The van der Waals surface area contributed by atoms with Crippen LogP contribution < -0.4 is 0 Å². The van der Waals surface area contributed by atoms with Crippen LogP contribution in [0.1, 0.15) is 42.8 Å². The van der Waals surface area contributed by atoms with E-state index in [4.69, 9.17) is 0 Å². The smallest absolute Gasteiger partial charge is 0.223 e. The molecule has 0 aromatic carbocycles. The van der Waals surface area contributed by atoms with Gasteiger partial charge in [-0.25, -0.2) is 0 Å². The van der Waals surface area contributed by atoms with Crippen molar-refractivity contribution in [1.82, 2.24) is 4.90 Å². The Balaban J connectivity index is 1.82. The Morgan fingerprint density at radius 1 is 1.26 bits per heavy atom. The molecule has 0 saturated carbocycles. The van der Waals surface area contributed by atoms with Gasteiger partial charge in [-0.05, 0) is 29.7 Å². The number of ketones is 1. The number of piperidine rings is 1. The summed E-state index contributed by atoms with van der Waals surface area (Å²) in [7, 11) is 0. The average molecular weight is 279 g/mol. The molecular weight excluding hydrogens is 258 g/mol. The Kier molecular flexibility index (Phi) is 4.75. The molecule has 2 heterocycles. The summed E-state index contributed by atoms with van der Waals surface area (Å²) >= 11 is 1.44. The Morgan fingerprint density at radius 2 is 1.95 bits per heavy atom. The van der Waals surface area contributed by atoms with Crippen LogP contribution in [0, 0.1) is 11.8 Å². The van der Waals surface area contributed by atoms with Gasteiger partial charge < -0.3 is 4.90 Å². The molecule has 0 aliphatic carbocycles. The number of thiophene rings is 1. The van der Waals surface area contributed by atoms with Crippen molar-refractivity contribution in [3.63, 3.8) is 0 Å². The third kappa shape index (κ3) is 3.90. The lowest BCUT2D eigenvalue weighted by Gasteiger charge is -2.35. The van der Waals surface area contributed by atoms with E-state index in [1.54, 1.807) is 0 Å². The number of amides is 1. The monoisotopic (exact) mass is 279 g/mol. The molecule has 1 fully saturated rings. The van der Waals surface area contributed by atoms with Crippen molar-refractivity contribution in [2.75, 3.05) is 13.1 Å². The molecule has 1 aliphatic rings. The van der Waals surface area contributed by atoms with Crippen molar-refractivity contribution in [3.05, 3.63) is 22.4 Å². The maximum Gasteiger partial charge on any atom is 0.223 e. The van der Waals surface area contributed by atoms with Crippen LogP contribution >= 0.6 is 11.3 Å². The van der Waals surface area contributed by atoms with Gasteiger partial charge in [0.1, 0.15) is 0 Å². The molecule has 3 nitrogen and oxygen atoms in total. The Labute approximate surface area is 118 Å². The van der Waals surface area contributed by atoms with E-state index in [2.05, 4.69) is 13.8 Å². The Hall–Kier alpha value is -1.16. The fourth-order valence-electron chi connectivity index (χ4n) is 2.81. The van der Waals surface area contributed by atoms with E-state index in [1.807, 2.05) is 22.4 Å². The van der Waals surface area contributed by atoms with Gasteiger partial charge in [0.2, 0.25) is 5.91 Å². The number of hydrogen-bond acceptors (Lipinski definition) is 3. The minimum absolute atomic E-state index is 0.0847. The highest BCUT2D eigenvalue weighted by Gasteiger charge is 2.25. The van der Waals surface area contributed by atoms with E-state index in [1.165, 1.54) is 17.8 Å². The van der Waals surface area contributed by atoms with Gasteiger partial charge in [-0.2, -0.15) is 0 Å². The molecule has 1 amide bonds. The predicted molar refractivity (Wildman–Crippen MR) is 77.4 cm³/mol. The predicted octanol–water partition coefficient (Wildman–Crippen LogP) is 3.22. The molecule has 0 N–H and O–H groups in total. The van der Waals surface area contributed by atoms with E-state index in [-0.39, 0.29) is 11.7 Å². The van der Waals surface area contributed by atoms with Gasteiger partial charge in [0.15, 0.2) is 5.78 Å². The molecule has 1 aromatic rings. The maximum absolute atomic E-state index is 12.1. The first-order valence-electron chi connectivity index (χ1n) is 6.90. The first kappa shape index (κ1) is 14.3. The number of rotatable bonds is 4. The van der Waals surface area contributed by atoms with Gasteiger partial charge >= 0.3 is 0 Å². The van der Waals surface area contributed by atoms with E-state index >= 15 is 0 Å². The van der Waals surface area contributed by atoms with Crippen LogP contribution in [-0.4, -0.2) is 29.7 Å². The molecule has 104 valence electrons. The highest BCUT2D eigenvalue weighted by atomic mass is 32.1. The van der Waals surface area contributed by atoms with Crippen LogP contribution in [0.2, 0.25) is 0 Å².